The van der Waals surface area contributed by atoms with Crippen LogP contribution in [-0.4, -0.2) is 41.4 Å². The molecular formula is C14H19ClN2O2. The number of halogens is 1. The van der Waals surface area contributed by atoms with Crippen LogP contribution in [0.15, 0.2) is 18.5 Å². The van der Waals surface area contributed by atoms with Gasteiger partial charge >= 0.3 is 0 Å². The molecule has 2 rings (SSSR count). The number of hydrogen-bond acceptors (Lipinski definition) is 3. The van der Waals surface area contributed by atoms with E-state index < -0.39 is 0 Å². The summed E-state index contributed by atoms with van der Waals surface area (Å²) < 4.78 is 5.22. The summed E-state index contributed by atoms with van der Waals surface area (Å²) in [6.45, 7) is 0.797. The fourth-order valence-electron chi connectivity index (χ4n) is 2.57. The highest BCUT2D eigenvalue weighted by Gasteiger charge is 2.28. The maximum absolute atomic E-state index is 12.6. The Bertz CT molecular complexity index is 437. The van der Waals surface area contributed by atoms with Crippen molar-refractivity contribution in [3.8, 4) is 5.75 Å². The van der Waals surface area contributed by atoms with Gasteiger partial charge in [0.25, 0.3) is 5.91 Å². The highest BCUT2D eigenvalue weighted by atomic mass is 35.5. The predicted octanol–water partition coefficient (Wildman–Crippen LogP) is 2.71. The van der Waals surface area contributed by atoms with Gasteiger partial charge in [0.05, 0.1) is 18.9 Å². The van der Waals surface area contributed by atoms with Crippen molar-refractivity contribution in [1.29, 1.82) is 0 Å². The molecule has 1 atom stereocenters. The fraction of sp³-hybridized carbons (Fsp3) is 0.571. The third-order valence-corrected chi connectivity index (χ3v) is 3.78. The van der Waals surface area contributed by atoms with Crippen LogP contribution in [0.25, 0.3) is 0 Å². The van der Waals surface area contributed by atoms with Crippen molar-refractivity contribution < 1.29 is 9.53 Å². The van der Waals surface area contributed by atoms with Crippen LogP contribution in [0.3, 0.4) is 0 Å². The number of hydrogen-bond donors (Lipinski definition) is 0. The van der Waals surface area contributed by atoms with Crippen molar-refractivity contribution in [2.75, 3.05) is 19.5 Å². The molecule has 2 heterocycles. The van der Waals surface area contributed by atoms with Crippen molar-refractivity contribution >= 4 is 17.5 Å². The summed E-state index contributed by atoms with van der Waals surface area (Å²) in [5.41, 5.74) is 0.582. The zero-order chi connectivity index (χ0) is 13.7. The van der Waals surface area contributed by atoms with E-state index in [1.54, 1.807) is 25.6 Å². The summed E-state index contributed by atoms with van der Waals surface area (Å²) >= 11 is 5.84. The van der Waals surface area contributed by atoms with Gasteiger partial charge in [-0.25, -0.2) is 0 Å². The van der Waals surface area contributed by atoms with Gasteiger partial charge in [-0.3, -0.25) is 9.78 Å². The summed E-state index contributed by atoms with van der Waals surface area (Å²) in [4.78, 5) is 18.6. The summed E-state index contributed by atoms with van der Waals surface area (Å²) in [6.07, 6.45) is 7.30. The molecular weight excluding hydrogens is 264 g/mol. The van der Waals surface area contributed by atoms with E-state index >= 15 is 0 Å². The van der Waals surface area contributed by atoms with Crippen LogP contribution < -0.4 is 4.74 Å². The summed E-state index contributed by atoms with van der Waals surface area (Å²) in [7, 11) is 1.56. The third kappa shape index (κ3) is 3.18. The molecule has 0 aromatic carbocycles. The van der Waals surface area contributed by atoms with E-state index in [-0.39, 0.29) is 11.9 Å². The van der Waals surface area contributed by atoms with Gasteiger partial charge in [-0.05, 0) is 31.7 Å². The number of methoxy groups -OCH3 is 1. The molecule has 0 bridgehead atoms. The highest BCUT2D eigenvalue weighted by molar-refractivity contribution is 6.17. The molecule has 1 saturated heterocycles. The number of aromatic nitrogens is 1. The van der Waals surface area contributed by atoms with Gasteiger partial charge in [0, 0.05) is 24.7 Å². The van der Waals surface area contributed by atoms with Crippen molar-refractivity contribution in [3.05, 3.63) is 24.0 Å². The number of amides is 1. The molecule has 1 aromatic heterocycles. The average molecular weight is 283 g/mol. The zero-order valence-corrected chi connectivity index (χ0v) is 11.9. The van der Waals surface area contributed by atoms with E-state index in [4.69, 9.17) is 16.3 Å². The van der Waals surface area contributed by atoms with Gasteiger partial charge < -0.3 is 9.64 Å². The Morgan fingerprint density at radius 3 is 3.16 bits per heavy atom. The lowest BCUT2D eigenvalue weighted by atomic mass is 9.99. The van der Waals surface area contributed by atoms with Crippen LogP contribution in [0.1, 0.15) is 36.0 Å². The molecule has 1 aromatic rings. The molecule has 4 nitrogen and oxygen atoms in total. The second kappa shape index (κ2) is 6.75. The molecule has 0 N–H and O–H groups in total. The number of carbonyl (C=O) groups is 1. The molecule has 5 heteroatoms. The largest absolute Gasteiger partial charge is 0.494 e. The van der Waals surface area contributed by atoms with E-state index in [0.29, 0.717) is 17.2 Å². The lowest BCUT2D eigenvalue weighted by Crippen LogP contribution is -2.44. The number of carbonyl (C=O) groups excluding carboxylic acids is 1. The normalized spacial score (nSPS) is 19.3. The Hall–Kier alpha value is -1.29. The minimum atomic E-state index is 0.0223. The molecule has 19 heavy (non-hydrogen) atoms. The first kappa shape index (κ1) is 14.1. The number of rotatable bonds is 4. The molecule has 0 spiro atoms. The SMILES string of the molecule is COc1cnccc1C(=O)N1CCCCC1CCCl. The monoisotopic (exact) mass is 282 g/mol. The molecule has 1 aliphatic rings. The van der Waals surface area contributed by atoms with Crippen LogP contribution in [0.4, 0.5) is 0 Å². The third-order valence-electron chi connectivity index (χ3n) is 3.57. The molecule has 104 valence electrons. The number of alkyl halides is 1. The number of piperidine rings is 1. The van der Waals surface area contributed by atoms with E-state index in [1.165, 1.54) is 6.42 Å². The highest BCUT2D eigenvalue weighted by Crippen LogP contribution is 2.25. The second-order valence-corrected chi connectivity index (χ2v) is 5.08. The minimum absolute atomic E-state index is 0.0223. The number of pyridine rings is 1. The molecule has 1 aliphatic heterocycles. The van der Waals surface area contributed by atoms with E-state index in [2.05, 4.69) is 4.98 Å². The van der Waals surface area contributed by atoms with E-state index in [0.717, 1.165) is 25.8 Å². The summed E-state index contributed by atoms with van der Waals surface area (Å²) in [5, 5.41) is 0. The van der Waals surface area contributed by atoms with E-state index in [9.17, 15) is 4.79 Å². The quantitative estimate of drug-likeness (QED) is 0.798. The van der Waals surface area contributed by atoms with Crippen LogP contribution in [-0.2, 0) is 0 Å². The van der Waals surface area contributed by atoms with Gasteiger partial charge in [-0.2, -0.15) is 0 Å². The maximum Gasteiger partial charge on any atom is 0.257 e. The topological polar surface area (TPSA) is 42.4 Å². The van der Waals surface area contributed by atoms with Crippen LogP contribution in [0, 0.1) is 0 Å². The Balaban J connectivity index is 2.21. The first-order chi connectivity index (χ1) is 9.27. The lowest BCUT2D eigenvalue weighted by Gasteiger charge is -2.35. The standard InChI is InChI=1S/C14H19ClN2O2/c1-19-13-10-16-8-6-12(13)14(18)17-9-3-2-4-11(17)5-7-15/h6,8,10-11H,2-5,7,9H2,1H3. The van der Waals surface area contributed by atoms with Crippen LogP contribution in [0.2, 0.25) is 0 Å². The smallest absolute Gasteiger partial charge is 0.257 e. The van der Waals surface area contributed by atoms with Gasteiger partial charge in [0.15, 0.2) is 0 Å². The van der Waals surface area contributed by atoms with Crippen molar-refractivity contribution in [1.82, 2.24) is 9.88 Å². The first-order valence-corrected chi connectivity index (χ1v) is 7.16. The van der Waals surface area contributed by atoms with Gasteiger partial charge in [-0.15, -0.1) is 11.6 Å². The Labute approximate surface area is 118 Å². The van der Waals surface area contributed by atoms with Crippen molar-refractivity contribution in [2.45, 2.75) is 31.7 Å². The first-order valence-electron chi connectivity index (χ1n) is 6.63. The zero-order valence-electron chi connectivity index (χ0n) is 11.1. The molecule has 0 aliphatic carbocycles. The fourth-order valence-corrected chi connectivity index (χ4v) is 2.82. The molecule has 0 radical (unpaired) electrons. The van der Waals surface area contributed by atoms with Crippen LogP contribution >= 0.6 is 11.6 Å². The molecule has 0 saturated carbocycles. The molecule has 1 unspecified atom stereocenters. The number of likely N-dealkylation sites (tertiary alicyclic amines) is 1. The van der Waals surface area contributed by atoms with Gasteiger partial charge in [0.2, 0.25) is 0 Å². The lowest BCUT2D eigenvalue weighted by molar-refractivity contribution is 0.0605. The Morgan fingerprint density at radius 1 is 1.58 bits per heavy atom. The summed E-state index contributed by atoms with van der Waals surface area (Å²) in [5.74, 6) is 1.14. The predicted molar refractivity (Wildman–Crippen MR) is 74.8 cm³/mol. The van der Waals surface area contributed by atoms with Crippen molar-refractivity contribution in [2.24, 2.45) is 0 Å². The molecule has 1 fully saturated rings. The second-order valence-electron chi connectivity index (χ2n) is 4.70. The van der Waals surface area contributed by atoms with Gasteiger partial charge in [0.1, 0.15) is 5.75 Å². The van der Waals surface area contributed by atoms with Gasteiger partial charge in [-0.1, -0.05) is 0 Å². The van der Waals surface area contributed by atoms with Crippen LogP contribution in [0.5, 0.6) is 5.75 Å². The minimum Gasteiger partial charge on any atom is -0.494 e. The Kier molecular flexibility index (Phi) is 5.02. The average Bonchev–Trinajstić information content (AvgIpc) is 2.47. The Morgan fingerprint density at radius 2 is 2.42 bits per heavy atom. The van der Waals surface area contributed by atoms with Crippen molar-refractivity contribution in [3.63, 3.8) is 0 Å². The summed E-state index contributed by atoms with van der Waals surface area (Å²) in [6, 6.07) is 1.96. The number of nitrogens with zero attached hydrogens (tertiary/aromatic N) is 2. The van der Waals surface area contributed by atoms with E-state index in [1.807, 2.05) is 4.90 Å². The number of ether oxygens (including phenoxy) is 1. The maximum atomic E-state index is 12.6. The molecule has 1 amide bonds.